The van der Waals surface area contributed by atoms with Crippen LogP contribution in [0.25, 0.3) is 5.57 Å². The van der Waals surface area contributed by atoms with Crippen molar-refractivity contribution in [3.8, 4) is 0 Å². The second kappa shape index (κ2) is 15.1. The molecule has 1 amide bonds. The molecule has 9 nitrogen and oxygen atoms in total. The first-order chi connectivity index (χ1) is 25.8. The molecule has 0 aliphatic heterocycles. The van der Waals surface area contributed by atoms with Gasteiger partial charge in [0.15, 0.2) is 0 Å². The number of amides is 1. The third kappa shape index (κ3) is 6.99. The fourth-order valence-electron chi connectivity index (χ4n) is 13.7. The van der Waals surface area contributed by atoms with Crippen molar-refractivity contribution >= 4 is 29.4 Å². The Morgan fingerprint density at radius 2 is 1.58 bits per heavy atom. The molecule has 9 atom stereocenters. The lowest BCUT2D eigenvalue weighted by molar-refractivity contribution is -0.225. The van der Waals surface area contributed by atoms with Crippen LogP contribution in [0.4, 0.5) is 0 Å². The Morgan fingerprint density at radius 3 is 2.24 bits per heavy atom. The van der Waals surface area contributed by atoms with Crippen molar-refractivity contribution in [2.24, 2.45) is 56.7 Å². The van der Waals surface area contributed by atoms with E-state index in [1.807, 2.05) is 24.1 Å². The summed E-state index contributed by atoms with van der Waals surface area (Å²) in [6.07, 6.45) is 11.7. The summed E-state index contributed by atoms with van der Waals surface area (Å²) in [6, 6.07) is 7.47. The van der Waals surface area contributed by atoms with Gasteiger partial charge in [-0.1, -0.05) is 65.0 Å². The highest BCUT2D eigenvalue weighted by molar-refractivity contribution is 5.88. The number of nitrogens with one attached hydrogen (secondary N) is 1. The van der Waals surface area contributed by atoms with E-state index in [2.05, 4.69) is 59.5 Å². The van der Waals surface area contributed by atoms with E-state index in [1.54, 1.807) is 12.1 Å². The number of carboxylic acids is 2. The van der Waals surface area contributed by atoms with Crippen LogP contribution in [0.5, 0.6) is 0 Å². The molecule has 302 valence electrons. The van der Waals surface area contributed by atoms with Gasteiger partial charge in [-0.05, 0) is 146 Å². The summed E-state index contributed by atoms with van der Waals surface area (Å²) in [5.41, 5.74) is 3.99. The molecular weight excluding hydrogens is 693 g/mol. The number of carboxylic acid groups (broad SMARTS) is 2. The van der Waals surface area contributed by atoms with E-state index >= 15 is 0 Å². The Morgan fingerprint density at radius 1 is 0.873 bits per heavy atom. The monoisotopic (exact) mass is 758 g/mol. The average molecular weight is 759 g/mol. The Labute approximate surface area is 328 Å². The zero-order valence-corrected chi connectivity index (χ0v) is 34.5. The number of hydrogen-bond acceptors (Lipinski definition) is 6. The number of carbonyl (C=O) groups is 4. The van der Waals surface area contributed by atoms with E-state index in [0.717, 1.165) is 44.1 Å². The van der Waals surface area contributed by atoms with Crippen molar-refractivity contribution in [2.75, 3.05) is 33.3 Å². The number of ether oxygens (including phenoxy) is 1. The third-order valence-electron chi connectivity index (χ3n) is 16.6. The molecule has 9 heteroatoms. The number of aromatic carboxylic acids is 1. The Kier molecular flexibility index (Phi) is 11.3. The summed E-state index contributed by atoms with van der Waals surface area (Å²) >= 11 is 0. The zero-order chi connectivity index (χ0) is 40.1. The molecule has 0 radical (unpaired) electrons. The maximum atomic E-state index is 14.5. The van der Waals surface area contributed by atoms with Gasteiger partial charge in [0.2, 0.25) is 5.91 Å². The van der Waals surface area contributed by atoms with Crippen molar-refractivity contribution in [3.05, 3.63) is 53.6 Å². The summed E-state index contributed by atoms with van der Waals surface area (Å²) < 4.78 is 5.20. The molecule has 0 aromatic heterocycles. The van der Waals surface area contributed by atoms with Crippen molar-refractivity contribution in [1.29, 1.82) is 0 Å². The number of esters is 1. The minimum absolute atomic E-state index is 0.0480. The fraction of sp³-hybridized carbons (Fsp3) is 0.696. The minimum atomic E-state index is -1.02. The molecule has 55 heavy (non-hydrogen) atoms. The molecule has 1 aromatic rings. The summed E-state index contributed by atoms with van der Waals surface area (Å²) in [7, 11) is 1.94. The highest BCUT2D eigenvalue weighted by atomic mass is 16.5. The van der Waals surface area contributed by atoms with E-state index < -0.39 is 23.3 Å². The molecule has 4 fully saturated rings. The van der Waals surface area contributed by atoms with Gasteiger partial charge in [-0.3, -0.25) is 14.4 Å². The maximum Gasteiger partial charge on any atom is 0.335 e. The van der Waals surface area contributed by atoms with Crippen molar-refractivity contribution in [2.45, 2.75) is 112 Å². The van der Waals surface area contributed by atoms with E-state index in [4.69, 9.17) is 9.84 Å². The van der Waals surface area contributed by atoms with Crippen molar-refractivity contribution in [3.63, 3.8) is 0 Å². The van der Waals surface area contributed by atoms with Crippen LogP contribution in [0.15, 0.2) is 42.5 Å². The van der Waals surface area contributed by atoms with Crippen molar-refractivity contribution in [1.82, 2.24) is 10.2 Å². The smallest absolute Gasteiger partial charge is 0.335 e. The molecule has 0 heterocycles. The number of carbonyl (C=O) groups excluding carboxylic acids is 2. The first kappa shape index (κ1) is 41.2. The number of likely N-dealkylation sites (N-methyl/N-ethyl adjacent to an activating group) is 1. The highest BCUT2D eigenvalue weighted by Gasteiger charge is 2.71. The van der Waals surface area contributed by atoms with Gasteiger partial charge in [0.25, 0.3) is 0 Å². The number of fused-ring (bicyclic) bond motifs is 7. The first-order valence-corrected chi connectivity index (χ1v) is 20.9. The van der Waals surface area contributed by atoms with Gasteiger partial charge >= 0.3 is 17.9 Å². The lowest BCUT2D eigenvalue weighted by atomic mass is 9.32. The number of benzene rings is 1. The molecule has 0 spiro atoms. The van der Waals surface area contributed by atoms with Gasteiger partial charge in [0.1, 0.15) is 6.61 Å². The Balaban J connectivity index is 1.18. The van der Waals surface area contributed by atoms with Gasteiger partial charge in [0, 0.05) is 19.6 Å². The maximum absolute atomic E-state index is 14.5. The van der Waals surface area contributed by atoms with Crippen LogP contribution in [0, 0.1) is 56.7 Å². The normalized spacial score (nSPS) is 36.0. The lowest BCUT2D eigenvalue weighted by Gasteiger charge is -2.72. The topological polar surface area (TPSA) is 133 Å². The second-order valence-corrected chi connectivity index (χ2v) is 19.4. The molecule has 5 aliphatic rings. The lowest BCUT2D eigenvalue weighted by Crippen LogP contribution is -2.66. The van der Waals surface area contributed by atoms with Gasteiger partial charge in [-0.2, -0.15) is 0 Å². The summed E-state index contributed by atoms with van der Waals surface area (Å²) in [6.45, 7) is 21.2. The summed E-state index contributed by atoms with van der Waals surface area (Å²) in [4.78, 5) is 50.7. The Hall–Kier alpha value is -3.46. The Bertz CT molecular complexity index is 1720. The molecule has 4 saturated carbocycles. The number of hydrogen-bond donors (Lipinski definition) is 3. The quantitative estimate of drug-likeness (QED) is 0.135. The highest BCUT2D eigenvalue weighted by Crippen LogP contribution is 2.77. The van der Waals surface area contributed by atoms with E-state index in [-0.39, 0.29) is 52.9 Å². The van der Waals surface area contributed by atoms with E-state index in [1.165, 1.54) is 30.4 Å². The molecule has 5 aliphatic carbocycles. The molecule has 0 bridgehead atoms. The molecule has 1 aromatic carbocycles. The van der Waals surface area contributed by atoms with Gasteiger partial charge in [-0.25, -0.2) is 4.79 Å². The molecule has 9 unspecified atom stereocenters. The molecule has 3 N–H and O–H groups in total. The average Bonchev–Trinajstić information content (AvgIpc) is 3.52. The summed E-state index contributed by atoms with van der Waals surface area (Å²) in [5, 5.41) is 21.7. The fourth-order valence-corrected chi connectivity index (χ4v) is 13.7. The largest absolute Gasteiger partial charge is 0.481 e. The SMILES string of the molecule is C=C(C)C1CCC2(C(=O)NCCN(C)CCOC(=O)CCC(=O)O)CCC3(C)C(CCC4C5(C)CC=C(c6ccc(C(=O)O)cc6)C(C)(C)C5CCC43C)C12. The van der Waals surface area contributed by atoms with Crippen LogP contribution in [-0.2, 0) is 19.1 Å². The van der Waals surface area contributed by atoms with Gasteiger partial charge < -0.3 is 25.2 Å². The van der Waals surface area contributed by atoms with Crippen LogP contribution in [0.3, 0.4) is 0 Å². The van der Waals surface area contributed by atoms with E-state index in [9.17, 15) is 24.3 Å². The standard InChI is InChI=1S/C46H66N2O7/c1-29(2)32-17-22-46(41(54)47-25-26-48(8)27-28-55-38(51)16-15-37(49)50)24-23-44(6)34(39(32)46)13-14-36-43(5)20-18-33(30-9-11-31(12-10-30)40(52)53)42(3,4)35(43)19-21-45(36,44)7/h9-12,18,32,34-36,39H,1,13-17,19-28H2,2-8H3,(H,47,54)(H,49,50)(H,52,53). The molecule has 6 rings (SSSR count). The van der Waals surface area contributed by atoms with Crippen LogP contribution >= 0.6 is 0 Å². The predicted molar refractivity (Wildman–Crippen MR) is 214 cm³/mol. The first-order valence-electron chi connectivity index (χ1n) is 20.9. The van der Waals surface area contributed by atoms with Gasteiger partial charge in [0.05, 0.1) is 23.8 Å². The zero-order valence-electron chi connectivity index (χ0n) is 34.5. The van der Waals surface area contributed by atoms with Crippen LogP contribution in [0.2, 0.25) is 0 Å². The molecular formula is C46H66N2O7. The van der Waals surface area contributed by atoms with Gasteiger partial charge in [-0.15, -0.1) is 0 Å². The third-order valence-corrected chi connectivity index (χ3v) is 16.6. The van der Waals surface area contributed by atoms with E-state index in [0.29, 0.717) is 48.9 Å². The number of allylic oxidation sites excluding steroid dienone is 3. The number of rotatable bonds is 13. The number of aliphatic carboxylic acids is 1. The minimum Gasteiger partial charge on any atom is -0.481 e. The number of nitrogens with zero attached hydrogens (tertiary/aromatic N) is 1. The second-order valence-electron chi connectivity index (χ2n) is 19.4. The predicted octanol–water partition coefficient (Wildman–Crippen LogP) is 8.49. The van der Waals surface area contributed by atoms with Crippen molar-refractivity contribution < 1.29 is 34.1 Å². The van der Waals surface area contributed by atoms with Crippen LogP contribution in [0.1, 0.15) is 128 Å². The molecule has 0 saturated heterocycles. The van der Waals surface area contributed by atoms with Crippen LogP contribution < -0.4 is 5.32 Å². The summed E-state index contributed by atoms with van der Waals surface area (Å²) in [5.74, 6) is -0.0651. The van der Waals surface area contributed by atoms with Crippen LogP contribution in [-0.4, -0.2) is 72.2 Å².